The number of rotatable bonds is 4. The molecular formula is C15H19ClN4S. The quantitative estimate of drug-likeness (QED) is 0.683. The number of benzene rings is 1. The highest BCUT2D eigenvalue weighted by atomic mass is 35.5. The lowest BCUT2D eigenvalue weighted by atomic mass is 9.89. The summed E-state index contributed by atoms with van der Waals surface area (Å²) in [4.78, 5) is 0. The van der Waals surface area contributed by atoms with E-state index in [0.29, 0.717) is 5.92 Å². The molecule has 6 heteroatoms. The van der Waals surface area contributed by atoms with Gasteiger partial charge in [-0.1, -0.05) is 54.8 Å². The fourth-order valence-corrected chi connectivity index (χ4v) is 3.70. The van der Waals surface area contributed by atoms with E-state index in [4.69, 9.17) is 17.4 Å². The van der Waals surface area contributed by atoms with Gasteiger partial charge in [0.25, 0.3) is 0 Å². The molecule has 1 aliphatic rings. The molecule has 0 bridgehead atoms. The molecule has 3 rings (SSSR count). The highest BCUT2D eigenvalue weighted by molar-refractivity contribution is 7.98. The number of hydrogen-bond donors (Lipinski definition) is 1. The summed E-state index contributed by atoms with van der Waals surface area (Å²) in [5.41, 5.74) is 1.20. The van der Waals surface area contributed by atoms with E-state index in [-0.39, 0.29) is 0 Å². The molecule has 0 amide bonds. The topological polar surface area (TPSA) is 56.7 Å². The molecule has 21 heavy (non-hydrogen) atoms. The molecule has 4 nitrogen and oxygen atoms in total. The summed E-state index contributed by atoms with van der Waals surface area (Å²) in [5.74, 6) is 8.40. The van der Waals surface area contributed by atoms with Crippen LogP contribution in [0.4, 0.5) is 0 Å². The number of halogens is 1. The van der Waals surface area contributed by atoms with Gasteiger partial charge in [-0.15, -0.1) is 10.2 Å². The van der Waals surface area contributed by atoms with E-state index in [9.17, 15) is 0 Å². The van der Waals surface area contributed by atoms with Crippen molar-refractivity contribution in [3.63, 3.8) is 0 Å². The first-order valence-electron chi connectivity index (χ1n) is 7.31. The molecule has 1 saturated carbocycles. The van der Waals surface area contributed by atoms with Crippen molar-refractivity contribution in [1.29, 1.82) is 0 Å². The Labute approximate surface area is 134 Å². The Hall–Kier alpha value is -1.20. The van der Waals surface area contributed by atoms with Gasteiger partial charge in [-0.2, -0.15) is 0 Å². The molecule has 112 valence electrons. The van der Waals surface area contributed by atoms with Crippen molar-refractivity contribution in [2.24, 2.45) is 0 Å². The molecule has 2 N–H and O–H groups in total. The average molecular weight is 323 g/mol. The van der Waals surface area contributed by atoms with Gasteiger partial charge >= 0.3 is 0 Å². The van der Waals surface area contributed by atoms with Gasteiger partial charge in [0.2, 0.25) is 5.16 Å². The van der Waals surface area contributed by atoms with Gasteiger partial charge < -0.3 is 5.84 Å². The third kappa shape index (κ3) is 3.52. The van der Waals surface area contributed by atoms with Crippen molar-refractivity contribution in [3.8, 4) is 0 Å². The number of nitrogen functional groups attached to an aromatic ring is 1. The smallest absolute Gasteiger partial charge is 0.210 e. The number of nitrogens with zero attached hydrogens (tertiary/aromatic N) is 3. The van der Waals surface area contributed by atoms with E-state index in [1.807, 2.05) is 24.3 Å². The second kappa shape index (κ2) is 6.71. The summed E-state index contributed by atoms with van der Waals surface area (Å²) in [6.45, 7) is 0. The van der Waals surface area contributed by atoms with Crippen molar-refractivity contribution in [2.45, 2.75) is 48.9 Å². The van der Waals surface area contributed by atoms with Crippen LogP contribution < -0.4 is 5.84 Å². The first kappa shape index (κ1) is 14.7. The van der Waals surface area contributed by atoms with Crippen molar-refractivity contribution in [3.05, 3.63) is 40.7 Å². The Kier molecular flexibility index (Phi) is 4.70. The van der Waals surface area contributed by atoms with Crippen LogP contribution in [0.3, 0.4) is 0 Å². The summed E-state index contributed by atoms with van der Waals surface area (Å²) in [6.07, 6.45) is 6.22. The second-order valence-electron chi connectivity index (χ2n) is 5.46. The third-order valence-electron chi connectivity index (χ3n) is 3.94. The van der Waals surface area contributed by atoms with Crippen LogP contribution in [-0.4, -0.2) is 14.9 Å². The zero-order valence-electron chi connectivity index (χ0n) is 11.8. The molecule has 0 aliphatic heterocycles. The minimum Gasteiger partial charge on any atom is -0.336 e. The van der Waals surface area contributed by atoms with E-state index in [0.717, 1.165) is 21.8 Å². The zero-order chi connectivity index (χ0) is 14.7. The molecule has 0 spiro atoms. The summed E-state index contributed by atoms with van der Waals surface area (Å²) >= 11 is 7.50. The molecule has 1 heterocycles. The minimum atomic E-state index is 0.473. The van der Waals surface area contributed by atoms with E-state index in [1.54, 1.807) is 16.4 Å². The minimum absolute atomic E-state index is 0.473. The van der Waals surface area contributed by atoms with Gasteiger partial charge in [0, 0.05) is 16.7 Å². The Morgan fingerprint density at radius 2 is 1.86 bits per heavy atom. The van der Waals surface area contributed by atoms with Crippen LogP contribution in [0.2, 0.25) is 5.02 Å². The van der Waals surface area contributed by atoms with Gasteiger partial charge in [0.1, 0.15) is 0 Å². The van der Waals surface area contributed by atoms with Crippen LogP contribution >= 0.6 is 23.4 Å². The maximum atomic E-state index is 6.17. The lowest BCUT2D eigenvalue weighted by Crippen LogP contribution is -2.18. The Morgan fingerprint density at radius 1 is 1.14 bits per heavy atom. The first-order chi connectivity index (χ1) is 10.2. The predicted octanol–water partition coefficient (Wildman–Crippen LogP) is 3.99. The number of aromatic nitrogens is 3. The SMILES string of the molecule is Nn1c(SCc2ccc(Cl)cc2)nnc1C1CCCCC1. The summed E-state index contributed by atoms with van der Waals surface area (Å²) in [6, 6.07) is 7.85. The Morgan fingerprint density at radius 3 is 2.57 bits per heavy atom. The fourth-order valence-electron chi connectivity index (χ4n) is 2.75. The zero-order valence-corrected chi connectivity index (χ0v) is 13.4. The maximum Gasteiger partial charge on any atom is 0.210 e. The van der Waals surface area contributed by atoms with Gasteiger partial charge in [-0.25, -0.2) is 4.68 Å². The Bertz CT molecular complexity index is 590. The molecule has 0 radical (unpaired) electrons. The van der Waals surface area contributed by atoms with E-state index < -0.39 is 0 Å². The van der Waals surface area contributed by atoms with Crippen LogP contribution in [0.5, 0.6) is 0 Å². The van der Waals surface area contributed by atoms with Crippen LogP contribution in [0, 0.1) is 0 Å². The molecule has 1 aromatic heterocycles. The molecule has 0 saturated heterocycles. The Balaban J connectivity index is 1.66. The lowest BCUT2D eigenvalue weighted by molar-refractivity contribution is 0.421. The maximum absolute atomic E-state index is 6.17. The fraction of sp³-hybridized carbons (Fsp3) is 0.467. The van der Waals surface area contributed by atoms with Crippen molar-refractivity contribution < 1.29 is 0 Å². The summed E-state index contributed by atoms with van der Waals surface area (Å²) < 4.78 is 1.68. The highest BCUT2D eigenvalue weighted by Gasteiger charge is 2.22. The third-order valence-corrected chi connectivity index (χ3v) is 5.21. The van der Waals surface area contributed by atoms with E-state index >= 15 is 0 Å². The largest absolute Gasteiger partial charge is 0.336 e. The van der Waals surface area contributed by atoms with E-state index in [1.165, 1.54) is 37.7 Å². The van der Waals surface area contributed by atoms with Crippen LogP contribution in [0.25, 0.3) is 0 Å². The molecule has 0 unspecified atom stereocenters. The van der Waals surface area contributed by atoms with Crippen LogP contribution in [-0.2, 0) is 5.75 Å². The molecule has 1 aliphatic carbocycles. The standard InChI is InChI=1S/C15H19ClN4S/c16-13-8-6-11(7-9-13)10-21-15-19-18-14(20(15)17)12-4-2-1-3-5-12/h6-9,12H,1-5,10,17H2. The summed E-state index contributed by atoms with van der Waals surface area (Å²) in [5, 5.41) is 10.1. The van der Waals surface area contributed by atoms with Gasteiger partial charge in [-0.05, 0) is 30.5 Å². The molecule has 1 aromatic carbocycles. The number of nitrogens with two attached hydrogens (primary N) is 1. The molecule has 2 aromatic rings. The van der Waals surface area contributed by atoms with Crippen molar-refractivity contribution in [1.82, 2.24) is 14.9 Å². The number of hydrogen-bond acceptors (Lipinski definition) is 4. The van der Waals surface area contributed by atoms with Gasteiger partial charge in [-0.3, -0.25) is 0 Å². The van der Waals surface area contributed by atoms with Gasteiger partial charge in [0.15, 0.2) is 5.82 Å². The molecule has 0 atom stereocenters. The monoisotopic (exact) mass is 322 g/mol. The van der Waals surface area contributed by atoms with Gasteiger partial charge in [0.05, 0.1) is 0 Å². The van der Waals surface area contributed by atoms with E-state index in [2.05, 4.69) is 10.2 Å². The summed E-state index contributed by atoms with van der Waals surface area (Å²) in [7, 11) is 0. The normalized spacial score (nSPS) is 16.2. The highest BCUT2D eigenvalue weighted by Crippen LogP contribution is 2.32. The first-order valence-corrected chi connectivity index (χ1v) is 8.68. The number of thioether (sulfide) groups is 1. The van der Waals surface area contributed by atoms with Crippen LogP contribution in [0.1, 0.15) is 49.4 Å². The molecular weight excluding hydrogens is 304 g/mol. The van der Waals surface area contributed by atoms with Crippen molar-refractivity contribution in [2.75, 3.05) is 5.84 Å². The van der Waals surface area contributed by atoms with Crippen molar-refractivity contribution >= 4 is 23.4 Å². The predicted molar refractivity (Wildman–Crippen MR) is 87.0 cm³/mol. The molecule has 1 fully saturated rings. The average Bonchev–Trinajstić information content (AvgIpc) is 2.89. The second-order valence-corrected chi connectivity index (χ2v) is 6.84. The lowest BCUT2D eigenvalue weighted by Gasteiger charge is -2.20. The van der Waals surface area contributed by atoms with Crippen LogP contribution in [0.15, 0.2) is 29.4 Å².